The average Bonchev–Trinajstić information content (AvgIpc) is 3.16. The van der Waals surface area contributed by atoms with Crippen molar-refractivity contribution < 1.29 is 14.7 Å². The molecule has 0 unspecified atom stereocenters. The smallest absolute Gasteiger partial charge is 0.343 e. The highest BCUT2D eigenvalue weighted by Gasteiger charge is 2.11. The SMILES string of the molecule is N[C@@H](CCCCNC(=O)n1cc(-c2cccs2)nn1)C(=O)O. The minimum absolute atomic E-state index is 0.363. The summed E-state index contributed by atoms with van der Waals surface area (Å²) in [6, 6.07) is 2.60. The largest absolute Gasteiger partial charge is 0.480 e. The molecule has 0 saturated heterocycles. The van der Waals surface area contributed by atoms with Gasteiger partial charge in [-0.3, -0.25) is 4.79 Å². The topological polar surface area (TPSA) is 123 Å². The van der Waals surface area contributed by atoms with Crippen molar-refractivity contribution in [3.05, 3.63) is 23.7 Å². The standard InChI is InChI=1S/C13H17N5O3S/c14-9(12(19)20)4-1-2-6-15-13(21)18-8-10(16-17-18)11-5-3-7-22-11/h3,5,7-9H,1-2,4,6,14H2,(H,15,21)(H,19,20)/t9-/m0/s1. The van der Waals surface area contributed by atoms with Gasteiger partial charge in [-0.2, -0.15) is 4.68 Å². The quantitative estimate of drug-likeness (QED) is 0.657. The van der Waals surface area contributed by atoms with Crippen LogP contribution in [-0.2, 0) is 4.79 Å². The van der Waals surface area contributed by atoms with Crippen molar-refractivity contribution in [2.75, 3.05) is 6.54 Å². The summed E-state index contributed by atoms with van der Waals surface area (Å²) in [7, 11) is 0. The first-order chi connectivity index (χ1) is 10.6. The van der Waals surface area contributed by atoms with E-state index in [0.29, 0.717) is 31.5 Å². The molecule has 8 nitrogen and oxygen atoms in total. The van der Waals surface area contributed by atoms with Crippen molar-refractivity contribution in [3.63, 3.8) is 0 Å². The van der Waals surface area contributed by atoms with Gasteiger partial charge < -0.3 is 16.2 Å². The van der Waals surface area contributed by atoms with Crippen LogP contribution < -0.4 is 11.1 Å². The number of thiophene rings is 1. The van der Waals surface area contributed by atoms with Gasteiger partial charge in [-0.25, -0.2) is 4.79 Å². The first-order valence-electron chi connectivity index (χ1n) is 6.80. The Hall–Kier alpha value is -2.26. The summed E-state index contributed by atoms with van der Waals surface area (Å²) in [6.07, 6.45) is 3.24. The number of nitrogens with zero attached hydrogens (tertiary/aromatic N) is 3. The Bertz CT molecular complexity index is 625. The lowest BCUT2D eigenvalue weighted by atomic mass is 10.1. The van der Waals surface area contributed by atoms with Gasteiger partial charge in [-0.15, -0.1) is 16.4 Å². The Morgan fingerprint density at radius 1 is 1.45 bits per heavy atom. The number of hydrogen-bond acceptors (Lipinski definition) is 6. The highest BCUT2D eigenvalue weighted by atomic mass is 32.1. The maximum absolute atomic E-state index is 11.9. The van der Waals surface area contributed by atoms with Crippen LogP contribution in [0.2, 0.25) is 0 Å². The number of nitrogens with one attached hydrogen (secondary N) is 1. The second-order valence-corrected chi connectivity index (χ2v) is 5.65. The van der Waals surface area contributed by atoms with E-state index in [4.69, 9.17) is 10.8 Å². The number of carbonyl (C=O) groups excluding carboxylic acids is 1. The van der Waals surface area contributed by atoms with Crippen molar-refractivity contribution in [1.82, 2.24) is 20.3 Å². The zero-order valence-corrected chi connectivity index (χ0v) is 12.6. The molecule has 1 atom stereocenters. The Morgan fingerprint density at radius 2 is 2.27 bits per heavy atom. The second-order valence-electron chi connectivity index (χ2n) is 4.70. The van der Waals surface area contributed by atoms with Crippen LogP contribution in [-0.4, -0.2) is 44.7 Å². The fraction of sp³-hybridized carbons (Fsp3) is 0.385. The number of carbonyl (C=O) groups is 2. The molecular weight excluding hydrogens is 306 g/mol. The number of carboxylic acid groups (broad SMARTS) is 1. The summed E-state index contributed by atoms with van der Waals surface area (Å²) in [4.78, 5) is 23.4. The molecule has 2 aromatic heterocycles. The predicted molar refractivity (Wildman–Crippen MR) is 81.6 cm³/mol. The van der Waals surface area contributed by atoms with Gasteiger partial charge in [0.05, 0.1) is 11.1 Å². The van der Waals surface area contributed by atoms with E-state index >= 15 is 0 Å². The molecule has 4 N–H and O–H groups in total. The van der Waals surface area contributed by atoms with E-state index in [9.17, 15) is 9.59 Å². The molecule has 2 aromatic rings. The summed E-state index contributed by atoms with van der Waals surface area (Å²) in [6.45, 7) is 0.430. The molecule has 0 aliphatic carbocycles. The Labute approximate surface area is 130 Å². The zero-order valence-electron chi connectivity index (χ0n) is 11.8. The molecule has 0 fully saturated rings. The molecule has 9 heteroatoms. The van der Waals surface area contributed by atoms with Gasteiger partial charge in [0.25, 0.3) is 0 Å². The summed E-state index contributed by atoms with van der Waals surface area (Å²) in [5.74, 6) is -1.01. The summed E-state index contributed by atoms with van der Waals surface area (Å²) >= 11 is 1.52. The number of nitrogens with two attached hydrogens (primary N) is 1. The minimum Gasteiger partial charge on any atom is -0.480 e. The van der Waals surface area contributed by atoms with Crippen molar-refractivity contribution in [2.24, 2.45) is 5.73 Å². The number of hydrogen-bond donors (Lipinski definition) is 3. The van der Waals surface area contributed by atoms with E-state index in [0.717, 1.165) is 9.56 Å². The monoisotopic (exact) mass is 323 g/mol. The number of unbranched alkanes of at least 4 members (excludes halogenated alkanes) is 1. The molecule has 0 bridgehead atoms. The van der Waals surface area contributed by atoms with E-state index < -0.39 is 12.0 Å². The number of carboxylic acids is 1. The zero-order chi connectivity index (χ0) is 15.9. The summed E-state index contributed by atoms with van der Waals surface area (Å²) < 4.78 is 1.15. The van der Waals surface area contributed by atoms with Crippen molar-refractivity contribution in [1.29, 1.82) is 0 Å². The van der Waals surface area contributed by atoms with E-state index in [-0.39, 0.29) is 6.03 Å². The first-order valence-corrected chi connectivity index (χ1v) is 7.68. The van der Waals surface area contributed by atoms with Gasteiger partial charge in [0.15, 0.2) is 0 Å². The van der Waals surface area contributed by atoms with E-state index in [1.54, 1.807) is 6.20 Å². The summed E-state index contributed by atoms with van der Waals surface area (Å²) in [5.41, 5.74) is 6.04. The van der Waals surface area contributed by atoms with Crippen LogP contribution in [0.25, 0.3) is 10.6 Å². The maximum Gasteiger partial charge on any atom is 0.343 e. The lowest BCUT2D eigenvalue weighted by molar-refractivity contribution is -0.138. The Balaban J connectivity index is 1.73. The second kappa shape index (κ2) is 7.66. The van der Waals surface area contributed by atoms with Gasteiger partial charge in [0.1, 0.15) is 11.7 Å². The van der Waals surface area contributed by atoms with Gasteiger partial charge in [0, 0.05) is 6.54 Å². The third kappa shape index (κ3) is 4.37. The molecule has 22 heavy (non-hydrogen) atoms. The highest BCUT2D eigenvalue weighted by Crippen LogP contribution is 2.21. The molecule has 0 radical (unpaired) electrons. The Morgan fingerprint density at radius 3 is 2.95 bits per heavy atom. The van der Waals surface area contributed by atoms with E-state index in [1.165, 1.54) is 11.3 Å². The third-order valence-corrected chi connectivity index (χ3v) is 3.90. The fourth-order valence-corrected chi connectivity index (χ4v) is 2.46. The first kappa shape index (κ1) is 16.1. The van der Waals surface area contributed by atoms with Crippen LogP contribution in [0, 0.1) is 0 Å². The van der Waals surface area contributed by atoms with Crippen molar-refractivity contribution in [3.8, 4) is 10.6 Å². The number of rotatable bonds is 7. The van der Waals surface area contributed by atoms with E-state index in [1.807, 2.05) is 17.5 Å². The lowest BCUT2D eigenvalue weighted by Gasteiger charge is -2.06. The van der Waals surface area contributed by atoms with Crippen LogP contribution >= 0.6 is 11.3 Å². The fourth-order valence-electron chi connectivity index (χ4n) is 1.79. The van der Waals surface area contributed by atoms with Crippen LogP contribution in [0.3, 0.4) is 0 Å². The molecule has 0 aliphatic heterocycles. The molecule has 0 aromatic carbocycles. The summed E-state index contributed by atoms with van der Waals surface area (Å²) in [5, 5.41) is 21.0. The number of amides is 1. The van der Waals surface area contributed by atoms with Crippen molar-refractivity contribution >= 4 is 23.3 Å². The number of aliphatic carboxylic acids is 1. The average molecular weight is 323 g/mol. The molecule has 1 amide bonds. The van der Waals surface area contributed by atoms with Crippen LogP contribution in [0.1, 0.15) is 19.3 Å². The van der Waals surface area contributed by atoms with Crippen LogP contribution in [0.4, 0.5) is 4.79 Å². The molecule has 118 valence electrons. The lowest BCUT2D eigenvalue weighted by Crippen LogP contribution is -2.31. The molecule has 0 saturated carbocycles. The van der Waals surface area contributed by atoms with Crippen LogP contribution in [0.5, 0.6) is 0 Å². The molecule has 0 spiro atoms. The third-order valence-electron chi connectivity index (χ3n) is 3.01. The normalized spacial score (nSPS) is 12.0. The molecule has 2 rings (SSSR count). The molecular formula is C13H17N5O3S. The molecule has 2 heterocycles. The van der Waals surface area contributed by atoms with Crippen LogP contribution in [0.15, 0.2) is 23.7 Å². The predicted octanol–water partition coefficient (Wildman–Crippen LogP) is 1.15. The van der Waals surface area contributed by atoms with E-state index in [2.05, 4.69) is 15.6 Å². The maximum atomic E-state index is 11.9. The van der Waals surface area contributed by atoms with Gasteiger partial charge >= 0.3 is 12.0 Å². The minimum atomic E-state index is -1.01. The Kier molecular flexibility index (Phi) is 5.61. The molecule has 0 aliphatic rings. The van der Waals surface area contributed by atoms with Gasteiger partial charge in [-0.1, -0.05) is 11.3 Å². The van der Waals surface area contributed by atoms with Gasteiger partial charge in [0.2, 0.25) is 0 Å². The van der Waals surface area contributed by atoms with Gasteiger partial charge in [-0.05, 0) is 30.7 Å². The highest BCUT2D eigenvalue weighted by molar-refractivity contribution is 7.13. The number of aromatic nitrogens is 3. The van der Waals surface area contributed by atoms with Crippen molar-refractivity contribution in [2.45, 2.75) is 25.3 Å².